The van der Waals surface area contributed by atoms with Crippen LogP contribution >= 0.6 is 0 Å². The smallest absolute Gasteiger partial charge is 0.274 e. The number of hydroxylamine groups is 1. The van der Waals surface area contributed by atoms with E-state index in [4.69, 9.17) is 11.3 Å². The van der Waals surface area contributed by atoms with Crippen molar-refractivity contribution in [1.29, 1.82) is 0 Å². The first kappa shape index (κ1) is 18.1. The number of hydrogen-bond donors (Lipinski definition) is 2. The Hall–Kier alpha value is -3.24. The van der Waals surface area contributed by atoms with Crippen molar-refractivity contribution in [2.75, 3.05) is 6.61 Å². The Labute approximate surface area is 145 Å². The first-order valence-electron chi connectivity index (χ1n) is 7.51. The number of H-pyrrole nitrogens is 1. The average molecular weight is 338 g/mol. The van der Waals surface area contributed by atoms with Crippen molar-refractivity contribution in [2.24, 2.45) is 10.2 Å². The SMILES string of the molecule is C#CCONC(=O)c1cccc(N=Nc2[nH]c(C)c(C(C)=O)c2C)c1. The predicted molar refractivity (Wildman–Crippen MR) is 93.1 cm³/mol. The van der Waals surface area contributed by atoms with Gasteiger partial charge in [0.25, 0.3) is 5.91 Å². The number of aryl methyl sites for hydroxylation is 1. The van der Waals surface area contributed by atoms with Crippen LogP contribution in [-0.4, -0.2) is 23.3 Å². The monoisotopic (exact) mass is 338 g/mol. The molecule has 0 radical (unpaired) electrons. The van der Waals surface area contributed by atoms with Crippen molar-refractivity contribution >= 4 is 23.2 Å². The lowest BCUT2D eigenvalue weighted by Gasteiger charge is -2.03. The average Bonchev–Trinajstić information content (AvgIpc) is 2.87. The molecule has 7 heteroatoms. The molecule has 0 unspecified atom stereocenters. The highest BCUT2D eigenvalue weighted by molar-refractivity contribution is 5.98. The standard InChI is InChI=1S/C18H18N4O3/c1-5-9-25-22-18(24)14-7-6-8-15(10-14)20-21-17-11(2)16(13(4)23)12(3)19-17/h1,6-8,10,19H,9H2,2-4H3,(H,22,24). The topological polar surface area (TPSA) is 95.9 Å². The summed E-state index contributed by atoms with van der Waals surface area (Å²) in [6, 6.07) is 6.57. The lowest BCUT2D eigenvalue weighted by molar-refractivity contribution is 0.0438. The Morgan fingerprint density at radius 2 is 2.08 bits per heavy atom. The lowest BCUT2D eigenvalue weighted by atomic mass is 10.1. The van der Waals surface area contributed by atoms with Crippen LogP contribution in [0.25, 0.3) is 0 Å². The first-order chi connectivity index (χ1) is 11.9. The molecular weight excluding hydrogens is 320 g/mol. The number of aromatic amines is 1. The fourth-order valence-corrected chi connectivity index (χ4v) is 2.38. The van der Waals surface area contributed by atoms with Crippen molar-refractivity contribution in [3.05, 3.63) is 46.6 Å². The zero-order chi connectivity index (χ0) is 18.4. The maximum absolute atomic E-state index is 11.9. The number of rotatable bonds is 6. The van der Waals surface area contributed by atoms with E-state index in [0.717, 1.165) is 11.3 Å². The van der Waals surface area contributed by atoms with Gasteiger partial charge in [0.2, 0.25) is 0 Å². The molecule has 0 aliphatic heterocycles. The Kier molecular flexibility index (Phi) is 5.82. The van der Waals surface area contributed by atoms with Gasteiger partial charge in [0.05, 0.1) is 5.69 Å². The molecule has 0 saturated carbocycles. The van der Waals surface area contributed by atoms with Gasteiger partial charge < -0.3 is 4.98 Å². The van der Waals surface area contributed by atoms with Crippen LogP contribution in [0.15, 0.2) is 34.5 Å². The molecule has 25 heavy (non-hydrogen) atoms. The van der Waals surface area contributed by atoms with Crippen LogP contribution in [0.1, 0.15) is 38.9 Å². The van der Waals surface area contributed by atoms with E-state index < -0.39 is 5.91 Å². The van der Waals surface area contributed by atoms with E-state index in [-0.39, 0.29) is 12.4 Å². The summed E-state index contributed by atoms with van der Waals surface area (Å²) in [5.74, 6) is 2.29. The van der Waals surface area contributed by atoms with Gasteiger partial charge in [-0.15, -0.1) is 16.7 Å². The third-order valence-corrected chi connectivity index (χ3v) is 3.46. The van der Waals surface area contributed by atoms with Crippen molar-refractivity contribution in [3.63, 3.8) is 0 Å². The number of benzene rings is 1. The highest BCUT2D eigenvalue weighted by Gasteiger charge is 2.14. The summed E-state index contributed by atoms with van der Waals surface area (Å²) in [6.45, 7) is 5.11. The molecule has 128 valence electrons. The van der Waals surface area contributed by atoms with Crippen molar-refractivity contribution in [3.8, 4) is 12.3 Å². The molecule has 2 rings (SSSR count). The lowest BCUT2D eigenvalue weighted by Crippen LogP contribution is -2.23. The number of nitrogens with one attached hydrogen (secondary N) is 2. The van der Waals surface area contributed by atoms with Crippen LogP contribution in [0.2, 0.25) is 0 Å². The van der Waals surface area contributed by atoms with E-state index in [2.05, 4.69) is 26.6 Å². The fourth-order valence-electron chi connectivity index (χ4n) is 2.38. The Morgan fingerprint density at radius 3 is 2.72 bits per heavy atom. The third-order valence-electron chi connectivity index (χ3n) is 3.46. The molecule has 0 aliphatic rings. The highest BCUT2D eigenvalue weighted by Crippen LogP contribution is 2.27. The summed E-state index contributed by atoms with van der Waals surface area (Å²) in [7, 11) is 0. The summed E-state index contributed by atoms with van der Waals surface area (Å²) in [5.41, 5.74) is 5.19. The summed E-state index contributed by atoms with van der Waals surface area (Å²) < 4.78 is 0. The van der Waals surface area contributed by atoms with Crippen LogP contribution in [0, 0.1) is 26.2 Å². The minimum atomic E-state index is -0.432. The highest BCUT2D eigenvalue weighted by atomic mass is 16.6. The number of carbonyl (C=O) groups is 2. The molecule has 1 aromatic heterocycles. The molecule has 0 spiro atoms. The number of carbonyl (C=O) groups excluding carboxylic acids is 2. The second-order valence-electron chi connectivity index (χ2n) is 5.33. The number of aromatic nitrogens is 1. The summed E-state index contributed by atoms with van der Waals surface area (Å²) >= 11 is 0. The van der Waals surface area contributed by atoms with Gasteiger partial charge in [0.1, 0.15) is 6.61 Å². The molecule has 0 bridgehead atoms. The molecule has 1 aromatic carbocycles. The van der Waals surface area contributed by atoms with Gasteiger partial charge in [-0.2, -0.15) is 0 Å². The predicted octanol–water partition coefficient (Wildman–Crippen LogP) is 3.54. The minimum absolute atomic E-state index is 0.0188. The van der Waals surface area contributed by atoms with E-state index in [0.29, 0.717) is 22.6 Å². The zero-order valence-corrected chi connectivity index (χ0v) is 14.2. The van der Waals surface area contributed by atoms with Crippen molar-refractivity contribution in [2.45, 2.75) is 20.8 Å². The van der Waals surface area contributed by atoms with E-state index in [1.54, 1.807) is 31.2 Å². The molecule has 7 nitrogen and oxygen atoms in total. The van der Waals surface area contributed by atoms with Gasteiger partial charge in [0.15, 0.2) is 11.6 Å². The molecule has 0 saturated heterocycles. The molecule has 2 N–H and O–H groups in total. The molecule has 1 heterocycles. The van der Waals surface area contributed by atoms with Crippen LogP contribution < -0.4 is 5.48 Å². The van der Waals surface area contributed by atoms with Gasteiger partial charge >= 0.3 is 0 Å². The van der Waals surface area contributed by atoms with Crippen LogP contribution in [-0.2, 0) is 4.84 Å². The number of azo groups is 1. The minimum Gasteiger partial charge on any atom is -0.342 e. The number of ketones is 1. The van der Waals surface area contributed by atoms with Gasteiger partial charge in [-0.1, -0.05) is 12.0 Å². The van der Waals surface area contributed by atoms with Crippen LogP contribution in [0.5, 0.6) is 0 Å². The van der Waals surface area contributed by atoms with E-state index >= 15 is 0 Å². The normalized spacial score (nSPS) is 10.6. The number of amides is 1. The number of nitrogens with zero attached hydrogens (tertiary/aromatic N) is 2. The first-order valence-corrected chi connectivity index (χ1v) is 7.51. The van der Waals surface area contributed by atoms with Crippen molar-refractivity contribution < 1.29 is 14.4 Å². The Bertz CT molecular complexity index is 875. The maximum atomic E-state index is 11.9. The van der Waals surface area contributed by atoms with Gasteiger partial charge in [-0.25, -0.2) is 5.48 Å². The van der Waals surface area contributed by atoms with E-state index in [1.165, 1.54) is 6.92 Å². The maximum Gasteiger partial charge on any atom is 0.274 e. The summed E-state index contributed by atoms with van der Waals surface area (Å²) in [5, 5.41) is 8.26. The van der Waals surface area contributed by atoms with Crippen LogP contribution in [0.4, 0.5) is 11.5 Å². The molecule has 2 aromatic rings. The van der Waals surface area contributed by atoms with E-state index in [9.17, 15) is 9.59 Å². The summed E-state index contributed by atoms with van der Waals surface area (Å²) in [6.07, 6.45) is 5.04. The van der Waals surface area contributed by atoms with Gasteiger partial charge in [0, 0.05) is 22.4 Å². The van der Waals surface area contributed by atoms with E-state index in [1.807, 2.05) is 6.92 Å². The summed E-state index contributed by atoms with van der Waals surface area (Å²) in [4.78, 5) is 31.4. The largest absolute Gasteiger partial charge is 0.342 e. The van der Waals surface area contributed by atoms with Crippen LogP contribution in [0.3, 0.4) is 0 Å². The zero-order valence-electron chi connectivity index (χ0n) is 14.2. The molecule has 0 aliphatic carbocycles. The quantitative estimate of drug-likeness (QED) is 0.277. The number of hydrogen-bond acceptors (Lipinski definition) is 5. The van der Waals surface area contributed by atoms with Gasteiger partial charge in [-0.05, 0) is 39.0 Å². The molecule has 0 fully saturated rings. The molecule has 1 amide bonds. The molecular formula is C18H18N4O3. The second-order valence-corrected chi connectivity index (χ2v) is 5.33. The third kappa shape index (κ3) is 4.40. The Morgan fingerprint density at radius 1 is 1.32 bits per heavy atom. The Balaban J connectivity index is 2.19. The second kappa shape index (κ2) is 8.04. The fraction of sp³-hybridized carbons (Fsp3) is 0.222. The number of Topliss-reactive ketones (excluding diaryl/α,β-unsaturated/α-hetero) is 1. The van der Waals surface area contributed by atoms with Gasteiger partial charge in [-0.3, -0.25) is 14.4 Å². The molecule has 0 atom stereocenters. The number of terminal acetylenes is 1. The van der Waals surface area contributed by atoms with Crippen molar-refractivity contribution in [1.82, 2.24) is 10.5 Å².